The van der Waals surface area contributed by atoms with Gasteiger partial charge in [0.25, 0.3) is 0 Å². The van der Waals surface area contributed by atoms with Crippen LogP contribution < -0.4 is 10.1 Å². The lowest BCUT2D eigenvalue weighted by Crippen LogP contribution is -2.12. The molecule has 0 saturated carbocycles. The fraction of sp³-hybridized carbons (Fsp3) is 0.538. The van der Waals surface area contributed by atoms with E-state index in [1.54, 1.807) is 0 Å². The number of benzene rings is 1. The summed E-state index contributed by atoms with van der Waals surface area (Å²) in [6, 6.07) is 9.02. The van der Waals surface area contributed by atoms with Crippen LogP contribution in [0, 0.1) is 0 Å². The molecule has 2 heteroatoms. The van der Waals surface area contributed by atoms with E-state index in [1.807, 2.05) is 13.8 Å². The van der Waals surface area contributed by atoms with Crippen LogP contribution in [0.1, 0.15) is 38.3 Å². The van der Waals surface area contributed by atoms with Crippen LogP contribution in [0.5, 0.6) is 5.75 Å². The van der Waals surface area contributed by atoms with Crippen molar-refractivity contribution in [1.29, 1.82) is 0 Å². The van der Waals surface area contributed by atoms with Crippen molar-refractivity contribution in [2.75, 3.05) is 6.54 Å². The molecule has 1 saturated heterocycles. The van der Waals surface area contributed by atoms with E-state index < -0.39 is 0 Å². The van der Waals surface area contributed by atoms with Crippen molar-refractivity contribution in [3.8, 4) is 5.75 Å². The minimum atomic E-state index is 0.250. The van der Waals surface area contributed by atoms with Gasteiger partial charge >= 0.3 is 0 Å². The number of nitrogens with one attached hydrogen (secondary N) is 1. The van der Waals surface area contributed by atoms with Gasteiger partial charge in [-0.15, -0.1) is 0 Å². The van der Waals surface area contributed by atoms with Crippen LogP contribution in [0.3, 0.4) is 0 Å². The second-order valence-corrected chi connectivity index (χ2v) is 4.38. The van der Waals surface area contributed by atoms with Crippen molar-refractivity contribution in [3.05, 3.63) is 29.8 Å². The fourth-order valence-electron chi connectivity index (χ4n) is 2.02. The van der Waals surface area contributed by atoms with Crippen molar-refractivity contribution in [3.63, 3.8) is 0 Å². The standard InChI is InChI=1S/C13H19NO/c1-10(2)15-12-7-5-11(6-8-12)13-4-3-9-14-13/h5-8,10,13-14H,3-4,9H2,1-2H3/t13-/m1/s1. The van der Waals surface area contributed by atoms with Gasteiger partial charge in [-0.05, 0) is 50.9 Å². The second-order valence-electron chi connectivity index (χ2n) is 4.38. The van der Waals surface area contributed by atoms with Gasteiger partial charge in [0, 0.05) is 6.04 Å². The Hall–Kier alpha value is -1.02. The summed E-state index contributed by atoms with van der Waals surface area (Å²) in [6.45, 7) is 5.24. The van der Waals surface area contributed by atoms with E-state index in [2.05, 4.69) is 29.6 Å². The molecule has 0 unspecified atom stereocenters. The van der Waals surface area contributed by atoms with Gasteiger partial charge in [-0.2, -0.15) is 0 Å². The molecule has 0 aliphatic carbocycles. The number of hydrogen-bond acceptors (Lipinski definition) is 2. The van der Waals surface area contributed by atoms with E-state index in [4.69, 9.17) is 4.74 Å². The van der Waals surface area contributed by atoms with Crippen molar-refractivity contribution in [2.45, 2.75) is 38.8 Å². The van der Waals surface area contributed by atoms with Gasteiger partial charge in [0.1, 0.15) is 5.75 Å². The zero-order chi connectivity index (χ0) is 10.7. The van der Waals surface area contributed by atoms with Crippen LogP contribution in [0.15, 0.2) is 24.3 Å². The topological polar surface area (TPSA) is 21.3 Å². The predicted molar refractivity (Wildman–Crippen MR) is 62.2 cm³/mol. The molecule has 0 radical (unpaired) electrons. The SMILES string of the molecule is CC(C)Oc1ccc([C@H]2CCCN2)cc1. The largest absolute Gasteiger partial charge is 0.491 e. The van der Waals surface area contributed by atoms with Crippen molar-refractivity contribution in [1.82, 2.24) is 5.32 Å². The first-order chi connectivity index (χ1) is 7.25. The quantitative estimate of drug-likeness (QED) is 0.819. The summed E-state index contributed by atoms with van der Waals surface area (Å²) in [6.07, 6.45) is 2.79. The highest BCUT2D eigenvalue weighted by Gasteiger charge is 2.15. The van der Waals surface area contributed by atoms with Gasteiger partial charge in [-0.3, -0.25) is 0 Å². The monoisotopic (exact) mass is 205 g/mol. The molecule has 2 rings (SSSR count). The van der Waals surface area contributed by atoms with Crippen molar-refractivity contribution >= 4 is 0 Å². The third kappa shape index (κ3) is 2.72. The molecule has 0 spiro atoms. The third-order valence-electron chi connectivity index (χ3n) is 2.71. The van der Waals surface area contributed by atoms with E-state index in [1.165, 1.54) is 18.4 Å². The van der Waals surface area contributed by atoms with Crippen LogP contribution in [-0.4, -0.2) is 12.6 Å². The van der Waals surface area contributed by atoms with Gasteiger partial charge in [-0.1, -0.05) is 12.1 Å². The minimum absolute atomic E-state index is 0.250. The lowest BCUT2D eigenvalue weighted by Gasteiger charge is -2.13. The Morgan fingerprint density at radius 3 is 2.53 bits per heavy atom. The lowest BCUT2D eigenvalue weighted by molar-refractivity contribution is 0.242. The summed E-state index contributed by atoms with van der Waals surface area (Å²) in [5.41, 5.74) is 1.38. The Balaban J connectivity index is 2.03. The average Bonchev–Trinajstić information content (AvgIpc) is 2.71. The molecule has 0 amide bonds. The molecular weight excluding hydrogens is 186 g/mol. The maximum absolute atomic E-state index is 5.61. The number of ether oxygens (including phenoxy) is 1. The first kappa shape index (κ1) is 10.5. The molecule has 1 fully saturated rings. The van der Waals surface area contributed by atoms with E-state index >= 15 is 0 Å². The molecule has 2 nitrogen and oxygen atoms in total. The molecule has 0 aromatic heterocycles. The molecule has 0 bridgehead atoms. The molecule has 1 aliphatic rings. The van der Waals surface area contributed by atoms with Crippen molar-refractivity contribution in [2.24, 2.45) is 0 Å². The molecule has 1 aliphatic heterocycles. The first-order valence-corrected chi connectivity index (χ1v) is 5.76. The predicted octanol–water partition coefficient (Wildman–Crippen LogP) is 2.90. The van der Waals surface area contributed by atoms with Gasteiger partial charge in [0.05, 0.1) is 6.10 Å². The van der Waals surface area contributed by atoms with Crippen LogP contribution in [0.4, 0.5) is 0 Å². The van der Waals surface area contributed by atoms with E-state index in [0.717, 1.165) is 12.3 Å². The van der Waals surface area contributed by atoms with Crippen LogP contribution >= 0.6 is 0 Å². The number of rotatable bonds is 3. The van der Waals surface area contributed by atoms with Crippen LogP contribution in [0.2, 0.25) is 0 Å². The molecule has 15 heavy (non-hydrogen) atoms. The highest BCUT2D eigenvalue weighted by molar-refractivity contribution is 5.29. The highest BCUT2D eigenvalue weighted by atomic mass is 16.5. The summed E-state index contributed by atoms with van der Waals surface area (Å²) >= 11 is 0. The summed E-state index contributed by atoms with van der Waals surface area (Å²) in [4.78, 5) is 0. The van der Waals surface area contributed by atoms with E-state index in [9.17, 15) is 0 Å². The maximum Gasteiger partial charge on any atom is 0.119 e. The Bertz CT molecular complexity index is 299. The Morgan fingerprint density at radius 2 is 2.00 bits per heavy atom. The van der Waals surface area contributed by atoms with Gasteiger partial charge in [-0.25, -0.2) is 0 Å². The minimum Gasteiger partial charge on any atom is -0.491 e. The van der Waals surface area contributed by atoms with E-state index in [0.29, 0.717) is 6.04 Å². The summed E-state index contributed by atoms with van der Waals surface area (Å²) < 4.78 is 5.61. The normalized spacial score (nSPS) is 20.9. The van der Waals surface area contributed by atoms with Crippen LogP contribution in [-0.2, 0) is 0 Å². The zero-order valence-electron chi connectivity index (χ0n) is 9.49. The average molecular weight is 205 g/mol. The molecule has 82 valence electrons. The maximum atomic E-state index is 5.61. The van der Waals surface area contributed by atoms with Gasteiger partial charge < -0.3 is 10.1 Å². The summed E-state index contributed by atoms with van der Waals surface area (Å²) in [7, 11) is 0. The Labute approximate surface area is 91.6 Å². The molecule has 1 aromatic carbocycles. The molecule has 1 aromatic rings. The van der Waals surface area contributed by atoms with E-state index in [-0.39, 0.29) is 6.10 Å². The number of hydrogen-bond donors (Lipinski definition) is 1. The molecule has 1 N–H and O–H groups in total. The second kappa shape index (κ2) is 4.67. The Morgan fingerprint density at radius 1 is 1.27 bits per heavy atom. The first-order valence-electron chi connectivity index (χ1n) is 5.76. The van der Waals surface area contributed by atoms with Gasteiger partial charge in [0.2, 0.25) is 0 Å². The third-order valence-corrected chi connectivity index (χ3v) is 2.71. The Kier molecular flexibility index (Phi) is 3.27. The lowest BCUT2D eigenvalue weighted by atomic mass is 10.1. The summed E-state index contributed by atoms with van der Waals surface area (Å²) in [5.74, 6) is 0.965. The summed E-state index contributed by atoms with van der Waals surface area (Å²) in [5, 5.41) is 3.49. The molecule has 1 heterocycles. The van der Waals surface area contributed by atoms with Crippen molar-refractivity contribution < 1.29 is 4.74 Å². The molecular formula is C13H19NO. The smallest absolute Gasteiger partial charge is 0.119 e. The zero-order valence-corrected chi connectivity index (χ0v) is 9.49. The van der Waals surface area contributed by atoms with Gasteiger partial charge in [0.15, 0.2) is 0 Å². The fourth-order valence-corrected chi connectivity index (χ4v) is 2.02. The highest BCUT2D eigenvalue weighted by Crippen LogP contribution is 2.24. The van der Waals surface area contributed by atoms with Crippen LogP contribution in [0.25, 0.3) is 0 Å². The molecule has 1 atom stereocenters.